The second-order valence-electron chi connectivity index (χ2n) is 3.26. The first-order chi connectivity index (χ1) is 5.68. The maximum absolute atomic E-state index is 9.02. The van der Waals surface area contributed by atoms with Gasteiger partial charge in [-0.3, -0.25) is 0 Å². The van der Waals surface area contributed by atoms with Gasteiger partial charge in [0.05, 0.1) is 0 Å². The van der Waals surface area contributed by atoms with Crippen LogP contribution in [0.4, 0.5) is 0 Å². The summed E-state index contributed by atoms with van der Waals surface area (Å²) in [5.74, 6) is 0.300. The van der Waals surface area contributed by atoms with Gasteiger partial charge in [-0.15, -0.1) is 0 Å². The van der Waals surface area contributed by atoms with Crippen molar-refractivity contribution in [3.8, 4) is 5.75 Å². The van der Waals surface area contributed by atoms with Gasteiger partial charge in [0.15, 0.2) is 5.66 Å². The molecule has 2 rings (SSSR count). The molecule has 0 saturated carbocycles. The number of hydrogen-bond donors (Lipinski definition) is 1. The minimum Gasteiger partial charge on any atom is -0.508 e. The summed E-state index contributed by atoms with van der Waals surface area (Å²) in [5.41, 5.74) is 0.969. The van der Waals surface area contributed by atoms with Crippen LogP contribution in [0, 0.1) is 0 Å². The highest BCUT2D eigenvalue weighted by Crippen LogP contribution is 2.31. The van der Waals surface area contributed by atoms with Crippen LogP contribution in [0.3, 0.4) is 0 Å². The molecule has 0 aromatic heterocycles. The summed E-state index contributed by atoms with van der Waals surface area (Å²) < 4.78 is 0. The highest BCUT2D eigenvalue weighted by molar-refractivity contribution is 5.27. The van der Waals surface area contributed by atoms with Crippen molar-refractivity contribution in [1.29, 1.82) is 0 Å². The molecule has 0 aliphatic carbocycles. The summed E-state index contributed by atoms with van der Waals surface area (Å²) in [4.78, 5) is 0. The number of phenols is 1. The van der Waals surface area contributed by atoms with Gasteiger partial charge in [-0.05, 0) is 24.6 Å². The quantitative estimate of drug-likeness (QED) is 0.711. The number of phenolic OH excluding ortho intramolecular Hbond substituents is 1. The highest BCUT2D eigenvalue weighted by Gasteiger charge is 2.33. The molecule has 3 nitrogen and oxygen atoms in total. The Morgan fingerprint density at radius 1 is 1.25 bits per heavy atom. The van der Waals surface area contributed by atoms with E-state index in [9.17, 15) is 0 Å². The molecule has 1 aromatic carbocycles. The van der Waals surface area contributed by atoms with Crippen LogP contribution in [0.25, 0.3) is 0 Å². The highest BCUT2D eigenvalue weighted by atomic mass is 16.3. The first-order valence-electron chi connectivity index (χ1n) is 3.90. The Hall–Kier alpha value is -1.38. The number of rotatable bonds is 2. The van der Waals surface area contributed by atoms with E-state index in [0.29, 0.717) is 5.75 Å². The molecule has 0 atom stereocenters. The molecule has 0 spiro atoms. The Bertz CT molecular complexity index is 310. The average Bonchev–Trinajstić information content (AvgIpc) is 2.74. The number of nitrogens with zero attached hydrogens (tertiary/aromatic N) is 2. The van der Waals surface area contributed by atoms with Crippen LogP contribution < -0.4 is 0 Å². The van der Waals surface area contributed by atoms with Crippen LogP contribution >= 0.6 is 0 Å². The van der Waals surface area contributed by atoms with Crippen molar-refractivity contribution in [1.82, 2.24) is 0 Å². The summed E-state index contributed by atoms with van der Waals surface area (Å²) in [5, 5.41) is 16.9. The van der Waals surface area contributed by atoms with E-state index in [1.807, 2.05) is 19.1 Å². The Balaban J connectivity index is 2.09. The maximum Gasteiger partial charge on any atom is 0.192 e. The molecule has 1 aliphatic heterocycles. The van der Waals surface area contributed by atoms with Crippen molar-refractivity contribution in [2.75, 3.05) is 0 Å². The van der Waals surface area contributed by atoms with Gasteiger partial charge in [-0.2, -0.15) is 10.2 Å². The SMILES string of the molecule is CC1(Cc2ccc(O)cc2)N=N1. The summed E-state index contributed by atoms with van der Waals surface area (Å²) >= 11 is 0. The van der Waals surface area contributed by atoms with Crippen LogP contribution in [0.2, 0.25) is 0 Å². The normalized spacial score (nSPS) is 17.8. The van der Waals surface area contributed by atoms with E-state index in [0.717, 1.165) is 12.0 Å². The van der Waals surface area contributed by atoms with Crippen LogP contribution in [0.5, 0.6) is 5.75 Å². The fourth-order valence-electron chi connectivity index (χ4n) is 1.16. The molecule has 62 valence electrons. The lowest BCUT2D eigenvalue weighted by Gasteiger charge is -2.03. The van der Waals surface area contributed by atoms with Crippen molar-refractivity contribution in [3.63, 3.8) is 0 Å². The molecule has 0 bridgehead atoms. The lowest BCUT2D eigenvalue weighted by molar-refractivity contribution is 0.475. The number of hydrogen-bond acceptors (Lipinski definition) is 3. The molecule has 12 heavy (non-hydrogen) atoms. The van der Waals surface area contributed by atoms with E-state index in [4.69, 9.17) is 5.11 Å². The summed E-state index contributed by atoms with van der Waals surface area (Å²) in [6, 6.07) is 7.15. The van der Waals surface area contributed by atoms with Gasteiger partial charge >= 0.3 is 0 Å². The molecule has 0 saturated heterocycles. The zero-order valence-corrected chi connectivity index (χ0v) is 6.86. The van der Waals surface area contributed by atoms with Crippen molar-refractivity contribution >= 4 is 0 Å². The van der Waals surface area contributed by atoms with Gasteiger partial charge in [0, 0.05) is 6.42 Å². The van der Waals surface area contributed by atoms with Gasteiger partial charge in [-0.1, -0.05) is 12.1 Å². The first-order valence-corrected chi connectivity index (χ1v) is 3.90. The van der Waals surface area contributed by atoms with Gasteiger partial charge in [0.1, 0.15) is 5.75 Å². The van der Waals surface area contributed by atoms with Crippen molar-refractivity contribution in [3.05, 3.63) is 29.8 Å². The zero-order chi connectivity index (χ0) is 8.60. The van der Waals surface area contributed by atoms with Crippen molar-refractivity contribution < 1.29 is 5.11 Å². The number of aromatic hydroxyl groups is 1. The lowest BCUT2D eigenvalue weighted by Crippen LogP contribution is -2.07. The predicted octanol–water partition coefficient (Wildman–Crippen LogP) is 2.12. The maximum atomic E-state index is 9.02. The largest absolute Gasteiger partial charge is 0.508 e. The molecular formula is C9H10N2O. The third-order valence-corrected chi connectivity index (χ3v) is 1.92. The van der Waals surface area contributed by atoms with Gasteiger partial charge in [-0.25, -0.2) is 0 Å². The van der Waals surface area contributed by atoms with E-state index >= 15 is 0 Å². The van der Waals surface area contributed by atoms with E-state index in [1.54, 1.807) is 12.1 Å². The van der Waals surface area contributed by atoms with Gasteiger partial charge in [0.2, 0.25) is 0 Å². The summed E-state index contributed by atoms with van der Waals surface area (Å²) in [6.45, 7) is 1.99. The third kappa shape index (κ3) is 1.44. The Kier molecular flexibility index (Phi) is 1.40. The van der Waals surface area contributed by atoms with Crippen LogP contribution in [-0.2, 0) is 6.42 Å². The summed E-state index contributed by atoms with van der Waals surface area (Å²) in [6.07, 6.45) is 0.827. The molecular weight excluding hydrogens is 152 g/mol. The van der Waals surface area contributed by atoms with Crippen molar-refractivity contribution in [2.45, 2.75) is 19.0 Å². The fraction of sp³-hybridized carbons (Fsp3) is 0.333. The minimum absolute atomic E-state index is 0.184. The molecule has 0 fully saturated rings. The molecule has 0 amide bonds. The second kappa shape index (κ2) is 2.30. The zero-order valence-electron chi connectivity index (χ0n) is 6.86. The van der Waals surface area contributed by atoms with Crippen molar-refractivity contribution in [2.24, 2.45) is 10.2 Å². The van der Waals surface area contributed by atoms with E-state index in [-0.39, 0.29) is 5.66 Å². The van der Waals surface area contributed by atoms with Crippen LogP contribution in [-0.4, -0.2) is 10.8 Å². The molecule has 1 N–H and O–H groups in total. The van der Waals surface area contributed by atoms with Crippen LogP contribution in [0.15, 0.2) is 34.5 Å². The first kappa shape index (κ1) is 7.28. The average molecular weight is 162 g/mol. The third-order valence-electron chi connectivity index (χ3n) is 1.92. The molecule has 1 aromatic rings. The second-order valence-corrected chi connectivity index (χ2v) is 3.26. The van der Waals surface area contributed by atoms with Gasteiger partial charge in [0.25, 0.3) is 0 Å². The minimum atomic E-state index is -0.184. The molecule has 1 heterocycles. The number of benzene rings is 1. The smallest absolute Gasteiger partial charge is 0.192 e. The Labute approximate surface area is 70.8 Å². The monoisotopic (exact) mass is 162 g/mol. The molecule has 0 unspecified atom stereocenters. The molecule has 3 heteroatoms. The fourth-order valence-corrected chi connectivity index (χ4v) is 1.16. The van der Waals surface area contributed by atoms with Crippen LogP contribution in [0.1, 0.15) is 12.5 Å². The van der Waals surface area contributed by atoms with E-state index in [2.05, 4.69) is 10.2 Å². The Morgan fingerprint density at radius 3 is 2.33 bits per heavy atom. The Morgan fingerprint density at radius 2 is 1.83 bits per heavy atom. The van der Waals surface area contributed by atoms with E-state index < -0.39 is 0 Å². The van der Waals surface area contributed by atoms with Gasteiger partial charge < -0.3 is 5.11 Å². The molecule has 0 radical (unpaired) electrons. The molecule has 1 aliphatic rings. The topological polar surface area (TPSA) is 45.0 Å². The van der Waals surface area contributed by atoms with E-state index in [1.165, 1.54) is 0 Å². The standard InChI is InChI=1S/C9H10N2O/c1-9(10-11-9)6-7-2-4-8(12)5-3-7/h2-5,12H,6H2,1H3. The predicted molar refractivity (Wildman–Crippen MR) is 45.1 cm³/mol. The lowest BCUT2D eigenvalue weighted by atomic mass is 10.1. The summed E-state index contributed by atoms with van der Waals surface area (Å²) in [7, 11) is 0.